The van der Waals surface area contributed by atoms with E-state index in [1.165, 1.54) is 6.08 Å². The normalized spacial score (nSPS) is 14.1. The molecule has 0 saturated carbocycles. The van der Waals surface area contributed by atoms with Crippen molar-refractivity contribution in [3.05, 3.63) is 11.6 Å². The molecule has 0 heterocycles. The Bertz CT molecular complexity index is 339. The van der Waals surface area contributed by atoms with Gasteiger partial charge in [0.05, 0.1) is 12.8 Å². The third kappa shape index (κ3) is 8.66. The predicted octanol–water partition coefficient (Wildman–Crippen LogP) is 1.03. The fourth-order valence-electron chi connectivity index (χ4n) is 1.30. The molecule has 0 rings (SSSR count). The number of likely N-dealkylation sites (N-methyl/N-ethyl adjacent to an activating group) is 1. The Labute approximate surface area is 114 Å². The highest BCUT2D eigenvalue weighted by atomic mass is 35.5. The molecule has 0 bridgehead atoms. The van der Waals surface area contributed by atoms with Crippen LogP contribution in [0.25, 0.3) is 0 Å². The third-order valence-electron chi connectivity index (χ3n) is 1.98. The molecular weight excluding hydrogens is 281 g/mol. The van der Waals surface area contributed by atoms with E-state index in [-0.39, 0.29) is 25.2 Å². The smallest absolute Gasteiger partial charge is 0.329 e. The van der Waals surface area contributed by atoms with E-state index in [9.17, 15) is 9.36 Å². The maximum atomic E-state index is 11.6. The lowest BCUT2D eigenvalue weighted by Crippen LogP contribution is -2.35. The zero-order chi connectivity index (χ0) is 13.6. The van der Waals surface area contributed by atoms with Crippen molar-refractivity contribution < 1.29 is 23.9 Å². The van der Waals surface area contributed by atoms with Crippen molar-refractivity contribution in [1.82, 2.24) is 4.90 Å². The van der Waals surface area contributed by atoms with E-state index in [2.05, 4.69) is 0 Å². The van der Waals surface area contributed by atoms with E-state index < -0.39 is 19.6 Å². The van der Waals surface area contributed by atoms with Crippen molar-refractivity contribution in [2.24, 2.45) is 0 Å². The van der Waals surface area contributed by atoms with Crippen molar-refractivity contribution >= 4 is 26.0 Å². The third-order valence-corrected chi connectivity index (χ3v) is 2.89. The van der Waals surface area contributed by atoms with Gasteiger partial charge in [0.1, 0.15) is 6.04 Å². The van der Waals surface area contributed by atoms with Gasteiger partial charge in [0.2, 0.25) is 0 Å². The van der Waals surface area contributed by atoms with E-state index >= 15 is 0 Å². The summed E-state index contributed by atoms with van der Waals surface area (Å²) in [5.41, 5.74) is 0.463. The number of hydrogen-bond donors (Lipinski definition) is 2. The molecule has 6 nitrogen and oxygen atoms in total. The van der Waals surface area contributed by atoms with Crippen LogP contribution < -0.4 is 0 Å². The number of halogens is 1. The quantitative estimate of drug-likeness (QED) is 0.433. The van der Waals surface area contributed by atoms with Crippen LogP contribution in [-0.2, 0) is 14.1 Å². The summed E-state index contributed by atoms with van der Waals surface area (Å²) in [5.74, 6) is -0.428. The number of rotatable bonds is 6. The minimum absolute atomic E-state index is 0. The molecule has 0 aliphatic heterocycles. The van der Waals surface area contributed by atoms with Crippen LogP contribution in [0, 0.1) is 0 Å². The molecule has 0 amide bonds. The minimum atomic E-state index is -4.09. The van der Waals surface area contributed by atoms with Gasteiger partial charge in [-0.05, 0) is 27.9 Å². The van der Waals surface area contributed by atoms with Crippen LogP contribution in [-0.4, -0.2) is 53.6 Å². The Balaban J connectivity index is 0. The van der Waals surface area contributed by atoms with Crippen LogP contribution in [0.1, 0.15) is 13.8 Å². The summed E-state index contributed by atoms with van der Waals surface area (Å²) in [5, 5.41) is 0. The second-order valence-corrected chi connectivity index (χ2v) is 5.64. The van der Waals surface area contributed by atoms with E-state index in [1.807, 2.05) is 0 Å². The van der Waals surface area contributed by atoms with E-state index in [0.717, 1.165) is 0 Å². The topological polar surface area (TPSA) is 87.1 Å². The SMILES string of the molecule is CCOC(=O)C(C=C(C)CP(=O)(O)O)N(C)C.Cl. The zero-order valence-corrected chi connectivity index (χ0v) is 12.7. The Morgan fingerprint density at radius 3 is 2.28 bits per heavy atom. The van der Waals surface area contributed by atoms with Gasteiger partial charge in [-0.3, -0.25) is 14.3 Å². The van der Waals surface area contributed by atoms with Gasteiger partial charge in [0.15, 0.2) is 0 Å². The average molecular weight is 302 g/mol. The number of nitrogens with zero attached hydrogens (tertiary/aromatic N) is 1. The first-order valence-electron chi connectivity index (χ1n) is 5.22. The highest BCUT2D eigenvalue weighted by molar-refractivity contribution is 7.52. The largest absolute Gasteiger partial charge is 0.465 e. The van der Waals surface area contributed by atoms with Crippen LogP contribution in [0.15, 0.2) is 11.6 Å². The first kappa shape index (κ1) is 19.9. The predicted molar refractivity (Wildman–Crippen MR) is 72.0 cm³/mol. The highest BCUT2D eigenvalue weighted by Gasteiger charge is 2.21. The molecule has 0 fully saturated rings. The molecule has 18 heavy (non-hydrogen) atoms. The molecule has 0 aromatic carbocycles. The zero-order valence-electron chi connectivity index (χ0n) is 11.0. The Morgan fingerprint density at radius 2 is 1.94 bits per heavy atom. The maximum absolute atomic E-state index is 11.6. The summed E-state index contributed by atoms with van der Waals surface area (Å²) in [7, 11) is -0.698. The van der Waals surface area contributed by atoms with Crippen molar-refractivity contribution in [3.8, 4) is 0 Å². The van der Waals surface area contributed by atoms with Crippen molar-refractivity contribution in [2.45, 2.75) is 19.9 Å². The van der Waals surface area contributed by atoms with E-state index in [0.29, 0.717) is 5.57 Å². The summed E-state index contributed by atoms with van der Waals surface area (Å²) >= 11 is 0. The van der Waals surface area contributed by atoms with Gasteiger partial charge >= 0.3 is 13.6 Å². The number of carbonyl (C=O) groups excluding carboxylic acids is 1. The first-order chi connectivity index (χ1) is 7.67. The van der Waals surface area contributed by atoms with Gasteiger partial charge in [-0.25, -0.2) is 0 Å². The number of hydrogen-bond acceptors (Lipinski definition) is 4. The minimum Gasteiger partial charge on any atom is -0.465 e. The van der Waals surface area contributed by atoms with Crippen LogP contribution in [0.4, 0.5) is 0 Å². The average Bonchev–Trinajstić information content (AvgIpc) is 2.11. The van der Waals surface area contributed by atoms with Gasteiger partial charge < -0.3 is 14.5 Å². The van der Waals surface area contributed by atoms with Crippen molar-refractivity contribution in [1.29, 1.82) is 0 Å². The highest BCUT2D eigenvalue weighted by Crippen LogP contribution is 2.36. The molecule has 1 atom stereocenters. The maximum Gasteiger partial charge on any atom is 0.329 e. The summed E-state index contributed by atoms with van der Waals surface area (Å²) in [6.07, 6.45) is 1.16. The standard InChI is InChI=1S/C10H20NO5P.ClH/c1-5-16-10(12)9(11(3)4)6-8(2)7-17(13,14)15;/h6,9H,5,7H2,1-4H3,(H2,13,14,15);1H. The molecule has 0 spiro atoms. The van der Waals surface area contributed by atoms with Gasteiger partial charge in [0, 0.05) is 0 Å². The summed E-state index contributed by atoms with van der Waals surface area (Å²) in [6.45, 7) is 3.56. The lowest BCUT2D eigenvalue weighted by atomic mass is 10.2. The number of esters is 1. The lowest BCUT2D eigenvalue weighted by molar-refractivity contribution is -0.146. The van der Waals surface area contributed by atoms with Crippen LogP contribution >= 0.6 is 20.0 Å². The first-order valence-corrected chi connectivity index (χ1v) is 7.02. The molecule has 0 aliphatic carbocycles. The molecule has 0 radical (unpaired) electrons. The van der Waals surface area contributed by atoms with Crippen LogP contribution in [0.3, 0.4) is 0 Å². The summed E-state index contributed by atoms with van der Waals surface area (Å²) < 4.78 is 15.7. The van der Waals surface area contributed by atoms with Gasteiger partial charge in [-0.15, -0.1) is 12.4 Å². The van der Waals surface area contributed by atoms with Crippen molar-refractivity contribution in [2.75, 3.05) is 26.9 Å². The molecule has 0 aromatic heterocycles. The fourth-order valence-corrected chi connectivity index (χ4v) is 2.06. The molecule has 0 aromatic rings. The number of ether oxygens (including phenoxy) is 1. The molecular formula is C10H21ClNO5P. The lowest BCUT2D eigenvalue weighted by Gasteiger charge is -2.20. The van der Waals surface area contributed by atoms with E-state index in [4.69, 9.17) is 14.5 Å². The Morgan fingerprint density at radius 1 is 1.44 bits per heavy atom. The van der Waals surface area contributed by atoms with Gasteiger partial charge in [-0.1, -0.05) is 11.6 Å². The van der Waals surface area contributed by atoms with E-state index in [1.54, 1.807) is 32.8 Å². The van der Waals surface area contributed by atoms with Crippen molar-refractivity contribution in [3.63, 3.8) is 0 Å². The Hall–Kier alpha value is -0.390. The second-order valence-electron chi connectivity index (χ2n) is 4.00. The molecule has 1 unspecified atom stereocenters. The number of allylic oxidation sites excluding steroid dienone is 1. The summed E-state index contributed by atoms with van der Waals surface area (Å²) in [6, 6.07) is -0.624. The summed E-state index contributed by atoms with van der Waals surface area (Å²) in [4.78, 5) is 30.9. The molecule has 108 valence electrons. The van der Waals surface area contributed by atoms with Crippen LogP contribution in [0.2, 0.25) is 0 Å². The molecule has 8 heteroatoms. The van der Waals surface area contributed by atoms with Crippen LogP contribution in [0.5, 0.6) is 0 Å². The molecule has 0 saturated heterocycles. The monoisotopic (exact) mass is 301 g/mol. The molecule has 0 aliphatic rings. The van der Waals surface area contributed by atoms with Gasteiger partial charge in [0.25, 0.3) is 0 Å². The number of carbonyl (C=O) groups is 1. The fraction of sp³-hybridized carbons (Fsp3) is 0.700. The second kappa shape index (κ2) is 8.67. The molecule has 2 N–H and O–H groups in total. The Kier molecular flexibility index (Phi) is 9.60. The van der Waals surface area contributed by atoms with Gasteiger partial charge in [-0.2, -0.15) is 0 Å².